The molecule has 0 aliphatic heterocycles. The van der Waals surface area contributed by atoms with Crippen molar-refractivity contribution in [3.8, 4) is 11.3 Å². The van der Waals surface area contributed by atoms with Crippen molar-refractivity contribution in [1.29, 1.82) is 0 Å². The molecular weight excluding hydrogens is 294 g/mol. The second kappa shape index (κ2) is 6.04. The molecule has 3 rings (SSSR count). The largest absolute Gasteiger partial charge is 0.469 e. The van der Waals surface area contributed by atoms with Gasteiger partial charge in [-0.25, -0.2) is 9.78 Å². The number of hydrogen-bond acceptors (Lipinski definition) is 5. The Hall–Kier alpha value is -2.95. The molecular formula is C18H15NO4. The number of aryl methyl sites for hydroxylation is 1. The summed E-state index contributed by atoms with van der Waals surface area (Å²) in [5, 5.41) is 0. The van der Waals surface area contributed by atoms with E-state index in [0.29, 0.717) is 16.7 Å². The van der Waals surface area contributed by atoms with Crippen molar-refractivity contribution in [2.24, 2.45) is 0 Å². The van der Waals surface area contributed by atoms with Gasteiger partial charge in [0.05, 0.1) is 13.5 Å². The summed E-state index contributed by atoms with van der Waals surface area (Å²) in [5.74, 6) is -0.333. The summed E-state index contributed by atoms with van der Waals surface area (Å²) >= 11 is 0. The quantitative estimate of drug-likeness (QED) is 0.696. The molecule has 0 spiro atoms. The number of nitrogens with zero attached hydrogens (tertiary/aromatic N) is 1. The van der Waals surface area contributed by atoms with E-state index in [4.69, 9.17) is 4.42 Å². The molecule has 0 aliphatic carbocycles. The fourth-order valence-corrected chi connectivity index (χ4v) is 2.29. The highest BCUT2D eigenvalue weighted by Crippen LogP contribution is 2.19. The average molecular weight is 309 g/mol. The van der Waals surface area contributed by atoms with Crippen molar-refractivity contribution in [2.75, 3.05) is 7.11 Å². The molecule has 23 heavy (non-hydrogen) atoms. The zero-order valence-electron chi connectivity index (χ0n) is 12.8. The number of hydrogen-bond donors (Lipinski definition) is 0. The first-order valence-corrected chi connectivity index (χ1v) is 7.14. The maximum absolute atomic E-state index is 12.1. The van der Waals surface area contributed by atoms with Crippen LogP contribution in [0.3, 0.4) is 0 Å². The number of rotatable bonds is 3. The SMILES string of the molecule is COC(=O)Cc1ccc2oc(=O)c(-c3ccc(C)cc3)nc2c1. The van der Waals surface area contributed by atoms with Gasteiger partial charge in [-0.1, -0.05) is 35.9 Å². The molecule has 0 aliphatic rings. The fourth-order valence-electron chi connectivity index (χ4n) is 2.29. The first-order chi connectivity index (χ1) is 11.1. The Morgan fingerprint density at radius 2 is 1.91 bits per heavy atom. The third kappa shape index (κ3) is 3.13. The number of methoxy groups -OCH3 is 1. The van der Waals surface area contributed by atoms with Gasteiger partial charge >= 0.3 is 11.6 Å². The van der Waals surface area contributed by atoms with Gasteiger partial charge < -0.3 is 9.15 Å². The van der Waals surface area contributed by atoms with Gasteiger partial charge in [0.15, 0.2) is 11.3 Å². The molecule has 0 bridgehead atoms. The van der Waals surface area contributed by atoms with Crippen molar-refractivity contribution in [2.45, 2.75) is 13.3 Å². The van der Waals surface area contributed by atoms with E-state index in [-0.39, 0.29) is 18.1 Å². The van der Waals surface area contributed by atoms with Crippen molar-refractivity contribution in [3.05, 3.63) is 64.0 Å². The summed E-state index contributed by atoms with van der Waals surface area (Å²) in [4.78, 5) is 27.9. The zero-order chi connectivity index (χ0) is 16.4. The van der Waals surface area contributed by atoms with Crippen molar-refractivity contribution in [1.82, 2.24) is 4.98 Å². The van der Waals surface area contributed by atoms with Crippen LogP contribution in [0.2, 0.25) is 0 Å². The van der Waals surface area contributed by atoms with Crippen LogP contribution in [0.25, 0.3) is 22.4 Å². The van der Waals surface area contributed by atoms with E-state index in [9.17, 15) is 9.59 Å². The molecule has 116 valence electrons. The standard InChI is InChI=1S/C18H15NO4/c1-11-3-6-13(7-4-11)17-18(21)23-15-8-5-12(9-14(15)19-17)10-16(20)22-2/h3-9H,10H2,1-2H3. The lowest BCUT2D eigenvalue weighted by atomic mass is 10.1. The summed E-state index contributed by atoms with van der Waals surface area (Å²) in [6.07, 6.45) is 0.146. The van der Waals surface area contributed by atoms with Crippen molar-refractivity contribution in [3.63, 3.8) is 0 Å². The van der Waals surface area contributed by atoms with Crippen LogP contribution in [0, 0.1) is 6.92 Å². The summed E-state index contributed by atoms with van der Waals surface area (Å²) < 4.78 is 9.99. The van der Waals surface area contributed by atoms with Crippen LogP contribution < -0.4 is 5.63 Å². The highest BCUT2D eigenvalue weighted by Gasteiger charge is 2.11. The highest BCUT2D eigenvalue weighted by molar-refractivity contribution is 5.78. The van der Waals surface area contributed by atoms with E-state index < -0.39 is 5.63 Å². The summed E-state index contributed by atoms with van der Waals surface area (Å²) in [7, 11) is 1.34. The Bertz CT molecular complexity index is 926. The van der Waals surface area contributed by atoms with Gasteiger partial charge in [-0.15, -0.1) is 0 Å². The van der Waals surface area contributed by atoms with Crippen LogP contribution in [0.15, 0.2) is 51.7 Å². The molecule has 1 aromatic heterocycles. The first kappa shape index (κ1) is 15.0. The first-order valence-electron chi connectivity index (χ1n) is 7.14. The third-order valence-electron chi connectivity index (χ3n) is 3.55. The lowest BCUT2D eigenvalue weighted by Gasteiger charge is -2.04. The van der Waals surface area contributed by atoms with Gasteiger partial charge in [-0.05, 0) is 24.6 Å². The van der Waals surface area contributed by atoms with E-state index in [2.05, 4.69) is 9.72 Å². The van der Waals surface area contributed by atoms with Crippen LogP contribution in [-0.4, -0.2) is 18.1 Å². The van der Waals surface area contributed by atoms with Gasteiger partial charge in [-0.2, -0.15) is 0 Å². The van der Waals surface area contributed by atoms with Gasteiger partial charge in [0.1, 0.15) is 5.52 Å². The number of benzene rings is 2. The molecule has 0 saturated heterocycles. The lowest BCUT2D eigenvalue weighted by Crippen LogP contribution is -2.07. The number of aromatic nitrogens is 1. The molecule has 1 heterocycles. The molecule has 0 N–H and O–H groups in total. The number of carbonyl (C=O) groups is 1. The predicted molar refractivity (Wildman–Crippen MR) is 86.2 cm³/mol. The molecule has 0 saturated carbocycles. The Morgan fingerprint density at radius 3 is 2.61 bits per heavy atom. The summed E-state index contributed by atoms with van der Waals surface area (Å²) in [5.41, 5.74) is 3.24. The summed E-state index contributed by atoms with van der Waals surface area (Å²) in [6.45, 7) is 1.97. The van der Waals surface area contributed by atoms with Crippen molar-refractivity contribution < 1.29 is 13.9 Å². The molecule has 0 fully saturated rings. The molecule has 0 unspecified atom stereocenters. The Morgan fingerprint density at radius 1 is 1.17 bits per heavy atom. The van der Waals surface area contributed by atoms with Gasteiger partial charge in [0, 0.05) is 5.56 Å². The van der Waals surface area contributed by atoms with Crippen LogP contribution >= 0.6 is 0 Å². The second-order valence-electron chi connectivity index (χ2n) is 5.27. The van der Waals surface area contributed by atoms with E-state index >= 15 is 0 Å². The van der Waals surface area contributed by atoms with E-state index in [1.165, 1.54) is 7.11 Å². The molecule has 3 aromatic rings. The highest BCUT2D eigenvalue weighted by atomic mass is 16.5. The normalized spacial score (nSPS) is 10.7. The average Bonchev–Trinajstić information content (AvgIpc) is 2.55. The molecule has 0 radical (unpaired) electrons. The summed E-state index contributed by atoms with van der Waals surface area (Å²) in [6, 6.07) is 12.6. The Balaban J connectivity index is 2.09. The third-order valence-corrected chi connectivity index (χ3v) is 3.55. The minimum absolute atomic E-state index is 0.146. The zero-order valence-corrected chi connectivity index (χ0v) is 12.8. The van der Waals surface area contributed by atoms with Gasteiger partial charge in [-0.3, -0.25) is 4.79 Å². The maximum atomic E-state index is 12.1. The minimum atomic E-state index is -0.484. The fraction of sp³-hybridized carbons (Fsp3) is 0.167. The van der Waals surface area contributed by atoms with Crippen LogP contribution in [-0.2, 0) is 16.0 Å². The Labute approximate surface area is 132 Å². The molecule has 0 amide bonds. The Kier molecular flexibility index (Phi) is 3.93. The van der Waals surface area contributed by atoms with Gasteiger partial charge in [0.25, 0.3) is 0 Å². The maximum Gasteiger partial charge on any atom is 0.363 e. The monoisotopic (exact) mass is 309 g/mol. The molecule has 5 nitrogen and oxygen atoms in total. The van der Waals surface area contributed by atoms with E-state index in [1.54, 1.807) is 18.2 Å². The number of ether oxygens (including phenoxy) is 1. The predicted octanol–water partition coefficient (Wildman–Crippen LogP) is 2.88. The van der Waals surface area contributed by atoms with Crippen LogP contribution in [0.1, 0.15) is 11.1 Å². The minimum Gasteiger partial charge on any atom is -0.469 e. The number of carbonyl (C=O) groups excluding carboxylic acids is 1. The lowest BCUT2D eigenvalue weighted by molar-refractivity contribution is -0.139. The second-order valence-corrected chi connectivity index (χ2v) is 5.27. The molecule has 2 aromatic carbocycles. The van der Waals surface area contributed by atoms with Crippen LogP contribution in [0.4, 0.5) is 0 Å². The molecule has 5 heteroatoms. The topological polar surface area (TPSA) is 69.4 Å². The van der Waals surface area contributed by atoms with Crippen molar-refractivity contribution >= 4 is 17.1 Å². The smallest absolute Gasteiger partial charge is 0.363 e. The van der Waals surface area contributed by atoms with Gasteiger partial charge in [0.2, 0.25) is 0 Å². The van der Waals surface area contributed by atoms with E-state index in [1.807, 2.05) is 31.2 Å². The number of fused-ring (bicyclic) bond motifs is 1. The molecule has 0 atom stereocenters. The number of esters is 1. The van der Waals surface area contributed by atoms with E-state index in [0.717, 1.165) is 11.1 Å². The van der Waals surface area contributed by atoms with Crippen LogP contribution in [0.5, 0.6) is 0 Å².